The predicted octanol–water partition coefficient (Wildman–Crippen LogP) is 4.69. The molecule has 2 N–H and O–H groups in total. The number of nitrogens with zero attached hydrogens (tertiary/aromatic N) is 3. The van der Waals surface area contributed by atoms with E-state index in [4.69, 9.17) is 5.73 Å². The van der Waals surface area contributed by atoms with E-state index in [-0.39, 0.29) is 0 Å². The molecule has 1 aromatic carbocycles. The number of hydrogen-bond acceptors (Lipinski definition) is 3. The summed E-state index contributed by atoms with van der Waals surface area (Å²) in [6.07, 6.45) is 8.69. The third-order valence-corrected chi connectivity index (χ3v) is 7.39. The van der Waals surface area contributed by atoms with Crippen LogP contribution in [0.4, 0.5) is 0 Å². The molecule has 4 heteroatoms. The Kier molecular flexibility index (Phi) is 6.41. The highest BCUT2D eigenvalue weighted by Crippen LogP contribution is 2.40. The molecule has 4 nitrogen and oxygen atoms in total. The van der Waals surface area contributed by atoms with Crippen molar-refractivity contribution in [2.75, 3.05) is 13.1 Å². The Morgan fingerprint density at radius 3 is 2.41 bits per heavy atom. The molecule has 2 aliphatic rings. The molecule has 158 valence electrons. The largest absolute Gasteiger partial charge is 0.332 e. The highest BCUT2D eigenvalue weighted by Gasteiger charge is 2.40. The number of fused-ring (bicyclic) bond motifs is 2. The number of imidazole rings is 1. The topological polar surface area (TPSA) is 47.1 Å². The molecule has 0 radical (unpaired) electrons. The first-order valence-corrected chi connectivity index (χ1v) is 11.6. The summed E-state index contributed by atoms with van der Waals surface area (Å²) in [5, 5.41) is 0. The smallest absolute Gasteiger partial charge is 0.105 e. The van der Waals surface area contributed by atoms with E-state index < -0.39 is 0 Å². The summed E-state index contributed by atoms with van der Waals surface area (Å²) in [6, 6.07) is 12.4. The van der Waals surface area contributed by atoms with Crippen LogP contribution in [0.25, 0.3) is 0 Å². The van der Waals surface area contributed by atoms with Gasteiger partial charge in [0.05, 0.1) is 0 Å². The number of rotatable bonds is 8. The van der Waals surface area contributed by atoms with Crippen LogP contribution in [-0.4, -0.2) is 39.6 Å². The van der Waals surface area contributed by atoms with E-state index in [1.165, 1.54) is 55.7 Å². The highest BCUT2D eigenvalue weighted by atomic mass is 15.2. The van der Waals surface area contributed by atoms with Crippen molar-refractivity contribution in [1.29, 1.82) is 0 Å². The van der Waals surface area contributed by atoms with Gasteiger partial charge in [-0.1, -0.05) is 44.2 Å². The van der Waals surface area contributed by atoms with Crippen molar-refractivity contribution in [3.8, 4) is 0 Å². The maximum Gasteiger partial charge on any atom is 0.105 e. The van der Waals surface area contributed by atoms with Gasteiger partial charge in [-0.25, -0.2) is 4.98 Å². The van der Waals surface area contributed by atoms with Crippen LogP contribution < -0.4 is 5.73 Å². The number of aromatic nitrogens is 2. The molecule has 3 heterocycles. The molecule has 2 bridgehead atoms. The minimum Gasteiger partial charge on any atom is -0.332 e. The second-order valence-corrected chi connectivity index (χ2v) is 9.59. The molecule has 3 atom stereocenters. The van der Waals surface area contributed by atoms with Crippen molar-refractivity contribution in [3.05, 3.63) is 53.6 Å². The van der Waals surface area contributed by atoms with Gasteiger partial charge in [0.15, 0.2) is 0 Å². The first-order chi connectivity index (χ1) is 14.1. The Morgan fingerprint density at radius 2 is 1.79 bits per heavy atom. The fourth-order valence-corrected chi connectivity index (χ4v) is 5.79. The van der Waals surface area contributed by atoms with Gasteiger partial charge in [0.2, 0.25) is 0 Å². The molecule has 0 amide bonds. The molecule has 4 rings (SSSR count). The van der Waals surface area contributed by atoms with Crippen LogP contribution in [0.3, 0.4) is 0 Å². The fraction of sp³-hybridized carbons (Fsp3) is 0.640. The molecule has 1 aromatic heterocycles. The predicted molar refractivity (Wildman–Crippen MR) is 120 cm³/mol. The summed E-state index contributed by atoms with van der Waals surface area (Å²) in [4.78, 5) is 7.43. The number of nitrogens with two attached hydrogens (primary N) is 1. The molecular formula is C25H38N4. The standard InChI is InChI=1S/C25H38N4/c1-18(2)25-16-27-19(3)29(25)17-20-13-23-9-10-24(14-20)28(23)12-11-22(15-26)21-7-5-4-6-8-21/h4-8,16,18,20,22-24H,9-15,17,26H2,1-3H3. The lowest BCUT2D eigenvalue weighted by atomic mass is 9.89. The number of hydrogen-bond donors (Lipinski definition) is 1. The monoisotopic (exact) mass is 394 g/mol. The van der Waals surface area contributed by atoms with E-state index in [2.05, 4.69) is 71.8 Å². The second-order valence-electron chi connectivity index (χ2n) is 9.59. The maximum atomic E-state index is 6.13. The minimum absolute atomic E-state index is 0.482. The average molecular weight is 395 g/mol. The molecule has 2 fully saturated rings. The zero-order valence-corrected chi connectivity index (χ0v) is 18.4. The van der Waals surface area contributed by atoms with Gasteiger partial charge in [-0.2, -0.15) is 0 Å². The van der Waals surface area contributed by atoms with Gasteiger partial charge in [-0.3, -0.25) is 4.90 Å². The molecular weight excluding hydrogens is 356 g/mol. The molecule has 0 saturated carbocycles. The van der Waals surface area contributed by atoms with E-state index in [0.717, 1.165) is 31.1 Å². The summed E-state index contributed by atoms with van der Waals surface area (Å²) in [5.41, 5.74) is 8.92. The molecule has 0 aliphatic carbocycles. The molecule has 29 heavy (non-hydrogen) atoms. The Morgan fingerprint density at radius 1 is 1.10 bits per heavy atom. The maximum absolute atomic E-state index is 6.13. The molecule has 3 unspecified atom stereocenters. The zero-order chi connectivity index (χ0) is 20.4. The van der Waals surface area contributed by atoms with Gasteiger partial charge in [0.25, 0.3) is 0 Å². The lowest BCUT2D eigenvalue weighted by molar-refractivity contribution is 0.0928. The van der Waals surface area contributed by atoms with Crippen LogP contribution >= 0.6 is 0 Å². The lowest BCUT2D eigenvalue weighted by Gasteiger charge is -2.40. The highest BCUT2D eigenvalue weighted by molar-refractivity contribution is 5.20. The Labute approximate surface area is 176 Å². The third kappa shape index (κ3) is 4.44. The summed E-state index contributed by atoms with van der Waals surface area (Å²) in [6.45, 7) is 9.80. The number of piperidine rings is 1. The van der Waals surface area contributed by atoms with Gasteiger partial charge in [0.1, 0.15) is 5.82 Å². The number of aryl methyl sites for hydroxylation is 1. The normalized spacial score (nSPS) is 25.6. The van der Waals surface area contributed by atoms with Crippen LogP contribution in [0.5, 0.6) is 0 Å². The summed E-state index contributed by atoms with van der Waals surface area (Å²) < 4.78 is 2.49. The average Bonchev–Trinajstić information content (AvgIpc) is 3.19. The lowest BCUT2D eigenvalue weighted by Crippen LogP contribution is -2.44. The van der Waals surface area contributed by atoms with Crippen molar-refractivity contribution >= 4 is 0 Å². The summed E-state index contributed by atoms with van der Waals surface area (Å²) >= 11 is 0. The minimum atomic E-state index is 0.482. The van der Waals surface area contributed by atoms with E-state index in [9.17, 15) is 0 Å². The van der Waals surface area contributed by atoms with Gasteiger partial charge in [-0.15, -0.1) is 0 Å². The van der Waals surface area contributed by atoms with Gasteiger partial charge >= 0.3 is 0 Å². The Hall–Kier alpha value is -1.65. The van der Waals surface area contributed by atoms with Crippen molar-refractivity contribution in [1.82, 2.24) is 14.5 Å². The van der Waals surface area contributed by atoms with Crippen molar-refractivity contribution in [3.63, 3.8) is 0 Å². The Bertz CT molecular complexity index is 767. The number of benzene rings is 1. The zero-order valence-electron chi connectivity index (χ0n) is 18.4. The van der Waals surface area contributed by atoms with Gasteiger partial charge in [-0.05, 0) is 75.4 Å². The van der Waals surface area contributed by atoms with Crippen molar-refractivity contribution < 1.29 is 0 Å². The second kappa shape index (κ2) is 9.01. The Balaban J connectivity index is 1.36. The van der Waals surface area contributed by atoms with Crippen molar-refractivity contribution in [2.45, 2.75) is 83.3 Å². The first-order valence-electron chi connectivity index (χ1n) is 11.6. The molecule has 2 aromatic rings. The molecule has 2 aliphatic heterocycles. The van der Waals surface area contributed by atoms with Gasteiger partial charge in [0, 0.05) is 30.5 Å². The fourth-order valence-electron chi connectivity index (χ4n) is 5.79. The van der Waals surface area contributed by atoms with Crippen LogP contribution in [0.15, 0.2) is 36.5 Å². The molecule has 0 spiro atoms. The van der Waals surface area contributed by atoms with Crippen molar-refractivity contribution in [2.24, 2.45) is 11.7 Å². The quantitative estimate of drug-likeness (QED) is 0.706. The van der Waals surface area contributed by atoms with E-state index in [1.54, 1.807) is 0 Å². The SMILES string of the molecule is Cc1ncc(C(C)C)n1CC1CC2CCC(C1)N2CCC(CN)c1ccccc1. The summed E-state index contributed by atoms with van der Waals surface area (Å²) in [5.74, 6) is 2.99. The third-order valence-electron chi connectivity index (χ3n) is 7.39. The summed E-state index contributed by atoms with van der Waals surface area (Å²) in [7, 11) is 0. The van der Waals surface area contributed by atoms with Crippen LogP contribution in [-0.2, 0) is 6.54 Å². The van der Waals surface area contributed by atoms with Gasteiger partial charge < -0.3 is 10.3 Å². The first kappa shape index (κ1) is 20.6. The molecule has 2 saturated heterocycles. The van der Waals surface area contributed by atoms with Crippen LogP contribution in [0, 0.1) is 12.8 Å². The van der Waals surface area contributed by atoms with E-state index in [0.29, 0.717) is 11.8 Å². The van der Waals surface area contributed by atoms with E-state index >= 15 is 0 Å². The van der Waals surface area contributed by atoms with Crippen LogP contribution in [0.2, 0.25) is 0 Å². The van der Waals surface area contributed by atoms with E-state index in [1.807, 2.05) is 0 Å². The van der Waals surface area contributed by atoms with Crippen LogP contribution in [0.1, 0.15) is 74.9 Å².